The van der Waals surface area contributed by atoms with Crippen molar-refractivity contribution in [1.82, 2.24) is 0 Å². The SMILES string of the molecule is CC(C)=CCc1c(O)cccc1C(=O)c1c(O)cc(O)c(CC=C(C)C)c1O. The van der Waals surface area contributed by atoms with Gasteiger partial charge in [0.2, 0.25) is 5.78 Å². The average Bonchev–Trinajstić information content (AvgIpc) is 2.59. The maximum absolute atomic E-state index is 13.2. The largest absolute Gasteiger partial charge is 0.508 e. The van der Waals surface area contributed by atoms with Gasteiger partial charge in [0.05, 0.1) is 0 Å². The second-order valence-electron chi connectivity index (χ2n) is 7.22. The predicted octanol–water partition coefficient (Wildman–Crippen LogP) is 4.76. The summed E-state index contributed by atoms with van der Waals surface area (Å²) in [4.78, 5) is 13.2. The Hall–Kier alpha value is -3.21. The van der Waals surface area contributed by atoms with Crippen LogP contribution in [0.1, 0.15) is 54.7 Å². The van der Waals surface area contributed by atoms with Crippen molar-refractivity contribution in [2.45, 2.75) is 40.5 Å². The monoisotopic (exact) mass is 382 g/mol. The molecule has 0 spiro atoms. The molecule has 5 heteroatoms. The lowest BCUT2D eigenvalue weighted by Crippen LogP contribution is -2.07. The van der Waals surface area contributed by atoms with Crippen molar-refractivity contribution in [3.8, 4) is 23.0 Å². The number of phenolic OH excluding ortho intramolecular Hbond substituents is 4. The molecule has 0 aromatic heterocycles. The summed E-state index contributed by atoms with van der Waals surface area (Å²) in [5.74, 6) is -1.92. The molecule has 0 aliphatic heterocycles. The quantitative estimate of drug-likeness (QED) is 0.427. The molecule has 28 heavy (non-hydrogen) atoms. The Morgan fingerprint density at radius 2 is 1.39 bits per heavy atom. The van der Waals surface area contributed by atoms with Crippen LogP contribution in [-0.4, -0.2) is 26.2 Å². The molecule has 2 aromatic rings. The summed E-state index contributed by atoms with van der Waals surface area (Å²) in [5.41, 5.74) is 2.47. The number of benzene rings is 2. The molecular formula is C23H26O5. The first-order valence-corrected chi connectivity index (χ1v) is 9.02. The Labute approximate surface area is 164 Å². The lowest BCUT2D eigenvalue weighted by atomic mass is 9.92. The molecule has 0 bridgehead atoms. The molecule has 0 unspecified atom stereocenters. The first-order valence-electron chi connectivity index (χ1n) is 9.02. The zero-order valence-corrected chi connectivity index (χ0v) is 16.6. The molecule has 0 heterocycles. The molecule has 0 saturated carbocycles. The molecule has 2 aromatic carbocycles. The van der Waals surface area contributed by atoms with Gasteiger partial charge in [0.1, 0.15) is 28.6 Å². The number of phenols is 4. The van der Waals surface area contributed by atoms with Crippen LogP contribution in [0.2, 0.25) is 0 Å². The highest BCUT2D eigenvalue weighted by molar-refractivity contribution is 6.14. The van der Waals surface area contributed by atoms with Crippen molar-refractivity contribution in [2.24, 2.45) is 0 Å². The van der Waals surface area contributed by atoms with Crippen molar-refractivity contribution < 1.29 is 25.2 Å². The van der Waals surface area contributed by atoms with Crippen molar-refractivity contribution in [2.75, 3.05) is 0 Å². The van der Waals surface area contributed by atoms with Crippen LogP contribution in [0, 0.1) is 0 Å². The first kappa shape index (κ1) is 21.1. The number of ketones is 1. The Kier molecular flexibility index (Phi) is 6.52. The highest BCUT2D eigenvalue weighted by atomic mass is 16.3. The standard InChI is InChI=1S/C23H26O5/c1-13(2)8-10-15-16(6-5-7-18(15)24)22(27)21-20(26)12-19(25)17(23(21)28)11-9-14(3)4/h5-9,12,24-26,28H,10-11H2,1-4H3. The van der Waals surface area contributed by atoms with Crippen LogP contribution < -0.4 is 0 Å². The summed E-state index contributed by atoms with van der Waals surface area (Å²) in [6, 6.07) is 5.62. The van der Waals surface area contributed by atoms with E-state index in [0.29, 0.717) is 12.0 Å². The van der Waals surface area contributed by atoms with Crippen LogP contribution >= 0.6 is 0 Å². The first-order chi connectivity index (χ1) is 13.1. The van der Waals surface area contributed by atoms with E-state index in [4.69, 9.17) is 0 Å². The van der Waals surface area contributed by atoms with Gasteiger partial charge in [0.25, 0.3) is 0 Å². The molecule has 0 atom stereocenters. The highest BCUT2D eigenvalue weighted by Crippen LogP contribution is 2.40. The third-order valence-corrected chi connectivity index (χ3v) is 4.41. The van der Waals surface area contributed by atoms with Crippen LogP contribution in [0.3, 0.4) is 0 Å². The molecule has 4 N–H and O–H groups in total. The fourth-order valence-electron chi connectivity index (χ4n) is 2.86. The zero-order valence-electron chi connectivity index (χ0n) is 16.6. The predicted molar refractivity (Wildman–Crippen MR) is 109 cm³/mol. The van der Waals surface area contributed by atoms with Gasteiger partial charge in [-0.05, 0) is 46.6 Å². The summed E-state index contributed by atoms with van der Waals surface area (Å²) < 4.78 is 0. The van der Waals surface area contributed by atoms with Crippen LogP contribution in [0.15, 0.2) is 47.6 Å². The summed E-state index contributed by atoms with van der Waals surface area (Å²) in [6.07, 6.45) is 4.23. The van der Waals surface area contributed by atoms with Gasteiger partial charge in [0.15, 0.2) is 0 Å². The van der Waals surface area contributed by atoms with E-state index in [9.17, 15) is 25.2 Å². The number of hydrogen-bond acceptors (Lipinski definition) is 5. The molecule has 148 valence electrons. The van der Waals surface area contributed by atoms with E-state index in [0.717, 1.165) is 17.2 Å². The smallest absolute Gasteiger partial charge is 0.200 e. The molecule has 0 fully saturated rings. The molecule has 5 nitrogen and oxygen atoms in total. The lowest BCUT2D eigenvalue weighted by molar-refractivity contribution is 0.103. The van der Waals surface area contributed by atoms with Crippen LogP contribution in [0.25, 0.3) is 0 Å². The lowest BCUT2D eigenvalue weighted by Gasteiger charge is -2.14. The Balaban J connectivity index is 2.62. The van der Waals surface area contributed by atoms with Gasteiger partial charge < -0.3 is 20.4 Å². The van der Waals surface area contributed by atoms with Crippen LogP contribution in [0.5, 0.6) is 23.0 Å². The second-order valence-corrected chi connectivity index (χ2v) is 7.22. The minimum Gasteiger partial charge on any atom is -0.508 e. The second kappa shape index (κ2) is 8.65. The number of hydrogen-bond donors (Lipinski definition) is 4. The normalized spacial score (nSPS) is 10.4. The number of aromatic hydroxyl groups is 4. The van der Waals surface area contributed by atoms with Crippen molar-refractivity contribution in [1.29, 1.82) is 0 Å². The third-order valence-electron chi connectivity index (χ3n) is 4.41. The fourth-order valence-corrected chi connectivity index (χ4v) is 2.86. The van der Waals surface area contributed by atoms with Crippen molar-refractivity contribution in [3.63, 3.8) is 0 Å². The van der Waals surface area contributed by atoms with Gasteiger partial charge in [-0.15, -0.1) is 0 Å². The highest BCUT2D eigenvalue weighted by Gasteiger charge is 2.25. The van der Waals surface area contributed by atoms with E-state index in [-0.39, 0.29) is 34.6 Å². The Morgan fingerprint density at radius 1 is 0.821 bits per heavy atom. The van der Waals surface area contributed by atoms with Crippen LogP contribution in [-0.2, 0) is 12.8 Å². The van der Waals surface area contributed by atoms with E-state index < -0.39 is 17.3 Å². The fraction of sp³-hybridized carbons (Fsp3) is 0.261. The molecule has 0 aliphatic rings. The Morgan fingerprint density at radius 3 is 1.96 bits per heavy atom. The zero-order chi connectivity index (χ0) is 21.0. The molecule has 0 saturated heterocycles. The Bertz CT molecular complexity index is 959. The average molecular weight is 382 g/mol. The number of allylic oxidation sites excluding steroid dienone is 4. The van der Waals surface area contributed by atoms with Gasteiger partial charge in [-0.25, -0.2) is 0 Å². The van der Waals surface area contributed by atoms with E-state index in [2.05, 4.69) is 0 Å². The molecule has 0 amide bonds. The topological polar surface area (TPSA) is 98.0 Å². The van der Waals surface area contributed by atoms with E-state index in [1.807, 2.05) is 33.8 Å². The third kappa shape index (κ3) is 4.55. The summed E-state index contributed by atoms with van der Waals surface area (Å²) in [6.45, 7) is 7.58. The summed E-state index contributed by atoms with van der Waals surface area (Å²) >= 11 is 0. The van der Waals surface area contributed by atoms with E-state index in [1.54, 1.807) is 6.08 Å². The minimum absolute atomic E-state index is 0.0362. The number of carbonyl (C=O) groups is 1. The van der Waals surface area contributed by atoms with E-state index in [1.165, 1.54) is 18.2 Å². The summed E-state index contributed by atoms with van der Waals surface area (Å²) in [7, 11) is 0. The number of rotatable bonds is 6. The minimum atomic E-state index is -0.624. The van der Waals surface area contributed by atoms with Gasteiger partial charge in [0, 0.05) is 22.8 Å². The maximum Gasteiger partial charge on any atom is 0.200 e. The van der Waals surface area contributed by atoms with Crippen molar-refractivity contribution in [3.05, 3.63) is 69.8 Å². The van der Waals surface area contributed by atoms with Gasteiger partial charge in [-0.1, -0.05) is 35.4 Å². The molecule has 2 rings (SSSR count). The molecular weight excluding hydrogens is 356 g/mol. The maximum atomic E-state index is 13.2. The van der Waals surface area contributed by atoms with Crippen molar-refractivity contribution >= 4 is 5.78 Å². The molecule has 0 radical (unpaired) electrons. The van der Waals surface area contributed by atoms with Crippen LogP contribution in [0.4, 0.5) is 0 Å². The van der Waals surface area contributed by atoms with Gasteiger partial charge >= 0.3 is 0 Å². The van der Waals surface area contributed by atoms with E-state index >= 15 is 0 Å². The molecule has 0 aliphatic carbocycles. The summed E-state index contributed by atoms with van der Waals surface area (Å²) in [5, 5.41) is 41.2. The number of carbonyl (C=O) groups excluding carboxylic acids is 1. The van der Waals surface area contributed by atoms with Gasteiger partial charge in [-0.3, -0.25) is 4.79 Å². The van der Waals surface area contributed by atoms with Gasteiger partial charge in [-0.2, -0.15) is 0 Å².